The van der Waals surface area contributed by atoms with Gasteiger partial charge >= 0.3 is 0 Å². The lowest BCUT2D eigenvalue weighted by atomic mass is 9.94. The van der Waals surface area contributed by atoms with E-state index in [4.69, 9.17) is 4.74 Å². The van der Waals surface area contributed by atoms with Gasteiger partial charge in [0.15, 0.2) is 0 Å². The molecule has 0 spiro atoms. The van der Waals surface area contributed by atoms with Crippen LogP contribution in [0.4, 0.5) is 5.69 Å². The summed E-state index contributed by atoms with van der Waals surface area (Å²) in [5, 5.41) is 0. The van der Waals surface area contributed by atoms with E-state index in [-0.39, 0.29) is 36.0 Å². The summed E-state index contributed by atoms with van der Waals surface area (Å²) in [6.07, 6.45) is 2.62. The molecule has 1 aromatic carbocycles. The van der Waals surface area contributed by atoms with Crippen molar-refractivity contribution in [1.82, 2.24) is 9.80 Å². The highest BCUT2D eigenvalue weighted by molar-refractivity contribution is 6.00. The van der Waals surface area contributed by atoms with Crippen LogP contribution in [0.5, 0.6) is 0 Å². The van der Waals surface area contributed by atoms with Gasteiger partial charge in [0.25, 0.3) is 0 Å². The number of carbonyl (C=O) groups is 3. The molecule has 0 aliphatic carbocycles. The van der Waals surface area contributed by atoms with Gasteiger partial charge in [0.2, 0.25) is 17.7 Å². The van der Waals surface area contributed by atoms with Gasteiger partial charge in [-0.15, -0.1) is 0 Å². The monoisotopic (exact) mass is 413 g/mol. The van der Waals surface area contributed by atoms with Crippen LogP contribution < -0.4 is 4.90 Å². The number of ether oxygens (including phenoxy) is 1. The standard InChI is InChI=1S/C23H31N3O4/c1-2-17-3-5-20(6-4-17)26-16-19(15-21(26)27)23(29)24-9-7-18(8-10-24)22(28)25-11-13-30-14-12-25/h3-6,18-19H,2,7-16H2,1H3. The Morgan fingerprint density at radius 3 is 2.17 bits per heavy atom. The summed E-state index contributed by atoms with van der Waals surface area (Å²) in [5.41, 5.74) is 2.09. The van der Waals surface area contributed by atoms with E-state index in [1.807, 2.05) is 34.1 Å². The van der Waals surface area contributed by atoms with Crippen molar-refractivity contribution in [2.75, 3.05) is 50.8 Å². The van der Waals surface area contributed by atoms with E-state index >= 15 is 0 Å². The maximum Gasteiger partial charge on any atom is 0.228 e. The minimum absolute atomic E-state index is 0.00839. The summed E-state index contributed by atoms with van der Waals surface area (Å²) in [7, 11) is 0. The molecule has 0 radical (unpaired) electrons. The smallest absolute Gasteiger partial charge is 0.228 e. The lowest BCUT2D eigenvalue weighted by Gasteiger charge is -2.36. The molecule has 30 heavy (non-hydrogen) atoms. The summed E-state index contributed by atoms with van der Waals surface area (Å²) in [6, 6.07) is 8.00. The third kappa shape index (κ3) is 4.36. The van der Waals surface area contributed by atoms with Crippen LogP contribution in [0.3, 0.4) is 0 Å². The second-order valence-electron chi connectivity index (χ2n) is 8.46. The van der Waals surface area contributed by atoms with Gasteiger partial charge in [-0.1, -0.05) is 19.1 Å². The molecule has 0 aromatic heterocycles. The van der Waals surface area contributed by atoms with Crippen molar-refractivity contribution in [2.45, 2.75) is 32.6 Å². The van der Waals surface area contributed by atoms with Gasteiger partial charge < -0.3 is 19.4 Å². The third-order valence-electron chi connectivity index (χ3n) is 6.61. The molecular formula is C23H31N3O4. The molecule has 7 nitrogen and oxygen atoms in total. The Labute approximate surface area is 177 Å². The number of amides is 3. The number of morpholine rings is 1. The van der Waals surface area contributed by atoms with Crippen LogP contribution in [-0.4, -0.2) is 73.5 Å². The molecule has 4 rings (SSSR count). The van der Waals surface area contributed by atoms with Crippen LogP contribution in [0.1, 0.15) is 31.7 Å². The number of piperidine rings is 1. The molecule has 1 aromatic rings. The number of nitrogens with zero attached hydrogens (tertiary/aromatic N) is 3. The summed E-state index contributed by atoms with van der Waals surface area (Å²) in [6.45, 7) is 6.27. The predicted molar refractivity (Wildman–Crippen MR) is 113 cm³/mol. The summed E-state index contributed by atoms with van der Waals surface area (Å²) in [4.78, 5) is 43.7. The Morgan fingerprint density at radius 1 is 0.933 bits per heavy atom. The van der Waals surface area contributed by atoms with E-state index in [2.05, 4.69) is 6.92 Å². The number of hydrogen-bond donors (Lipinski definition) is 0. The highest BCUT2D eigenvalue weighted by atomic mass is 16.5. The summed E-state index contributed by atoms with van der Waals surface area (Å²) >= 11 is 0. The number of aryl methyl sites for hydroxylation is 1. The molecule has 7 heteroatoms. The predicted octanol–water partition coefficient (Wildman–Crippen LogP) is 1.70. The van der Waals surface area contributed by atoms with Crippen molar-refractivity contribution in [3.05, 3.63) is 29.8 Å². The van der Waals surface area contributed by atoms with Crippen molar-refractivity contribution in [3.63, 3.8) is 0 Å². The fraction of sp³-hybridized carbons (Fsp3) is 0.609. The van der Waals surface area contributed by atoms with Crippen LogP contribution in [-0.2, 0) is 25.5 Å². The summed E-state index contributed by atoms with van der Waals surface area (Å²) in [5.74, 6) is -0.0489. The highest BCUT2D eigenvalue weighted by Gasteiger charge is 2.39. The zero-order chi connectivity index (χ0) is 21.1. The van der Waals surface area contributed by atoms with Gasteiger partial charge in [0.1, 0.15) is 0 Å². The maximum atomic E-state index is 13.0. The molecule has 162 valence electrons. The Morgan fingerprint density at radius 2 is 1.53 bits per heavy atom. The first kappa shape index (κ1) is 20.8. The van der Waals surface area contributed by atoms with Crippen molar-refractivity contribution in [2.24, 2.45) is 11.8 Å². The molecule has 1 unspecified atom stereocenters. The molecule has 3 saturated heterocycles. The number of benzene rings is 1. The van der Waals surface area contributed by atoms with Crippen LogP contribution in [0.2, 0.25) is 0 Å². The lowest BCUT2D eigenvalue weighted by molar-refractivity contribution is -0.144. The van der Waals surface area contributed by atoms with E-state index in [0.717, 1.165) is 12.1 Å². The molecule has 3 aliphatic heterocycles. The average molecular weight is 414 g/mol. The lowest BCUT2D eigenvalue weighted by Crippen LogP contribution is -2.48. The Hall–Kier alpha value is -2.41. The van der Waals surface area contributed by atoms with Gasteiger partial charge in [-0.25, -0.2) is 0 Å². The first-order chi connectivity index (χ1) is 14.6. The zero-order valence-corrected chi connectivity index (χ0v) is 17.7. The van der Waals surface area contributed by atoms with Crippen molar-refractivity contribution < 1.29 is 19.1 Å². The molecule has 0 N–H and O–H groups in total. The number of anilines is 1. The van der Waals surface area contributed by atoms with E-state index in [1.54, 1.807) is 4.90 Å². The Kier molecular flexibility index (Phi) is 6.37. The van der Waals surface area contributed by atoms with Crippen LogP contribution in [0, 0.1) is 11.8 Å². The van der Waals surface area contributed by atoms with Gasteiger partial charge in [-0.3, -0.25) is 14.4 Å². The number of hydrogen-bond acceptors (Lipinski definition) is 4. The minimum atomic E-state index is -0.296. The molecule has 3 fully saturated rings. The third-order valence-corrected chi connectivity index (χ3v) is 6.61. The first-order valence-electron chi connectivity index (χ1n) is 11.1. The van der Waals surface area contributed by atoms with Gasteiger partial charge in [0.05, 0.1) is 19.1 Å². The topological polar surface area (TPSA) is 70.2 Å². The first-order valence-corrected chi connectivity index (χ1v) is 11.1. The highest BCUT2D eigenvalue weighted by Crippen LogP contribution is 2.28. The van der Waals surface area contributed by atoms with Gasteiger partial charge in [-0.2, -0.15) is 0 Å². The SMILES string of the molecule is CCc1ccc(N2CC(C(=O)N3CCC(C(=O)N4CCOCC4)CC3)CC2=O)cc1. The van der Waals surface area contributed by atoms with E-state index < -0.39 is 0 Å². The zero-order valence-electron chi connectivity index (χ0n) is 17.7. The molecule has 0 saturated carbocycles. The maximum absolute atomic E-state index is 13.0. The van der Waals surface area contributed by atoms with E-state index in [9.17, 15) is 14.4 Å². The molecule has 3 aliphatic rings. The normalized spacial score (nSPS) is 23.2. The Balaban J connectivity index is 1.31. The van der Waals surface area contributed by atoms with Crippen molar-refractivity contribution in [3.8, 4) is 0 Å². The van der Waals surface area contributed by atoms with Crippen LogP contribution in [0.15, 0.2) is 24.3 Å². The van der Waals surface area contributed by atoms with Crippen LogP contribution in [0.25, 0.3) is 0 Å². The molecule has 0 bridgehead atoms. The molecular weight excluding hydrogens is 382 g/mol. The summed E-state index contributed by atoms with van der Waals surface area (Å²) < 4.78 is 5.33. The van der Waals surface area contributed by atoms with Crippen molar-refractivity contribution >= 4 is 23.4 Å². The number of carbonyl (C=O) groups excluding carboxylic acids is 3. The average Bonchev–Trinajstić information content (AvgIpc) is 3.20. The number of likely N-dealkylation sites (tertiary alicyclic amines) is 1. The van der Waals surface area contributed by atoms with Crippen LogP contribution >= 0.6 is 0 Å². The molecule has 1 atom stereocenters. The fourth-order valence-corrected chi connectivity index (χ4v) is 4.68. The largest absolute Gasteiger partial charge is 0.378 e. The molecule has 3 amide bonds. The van der Waals surface area contributed by atoms with E-state index in [0.29, 0.717) is 58.8 Å². The van der Waals surface area contributed by atoms with E-state index in [1.165, 1.54) is 5.56 Å². The van der Waals surface area contributed by atoms with Gasteiger partial charge in [-0.05, 0) is 37.0 Å². The van der Waals surface area contributed by atoms with Gasteiger partial charge in [0, 0.05) is 50.7 Å². The second-order valence-corrected chi connectivity index (χ2v) is 8.46. The molecule has 3 heterocycles. The fourth-order valence-electron chi connectivity index (χ4n) is 4.68. The Bertz CT molecular complexity index is 780. The quantitative estimate of drug-likeness (QED) is 0.753. The minimum Gasteiger partial charge on any atom is -0.378 e. The number of rotatable bonds is 4. The van der Waals surface area contributed by atoms with Crippen molar-refractivity contribution in [1.29, 1.82) is 0 Å². The second kappa shape index (κ2) is 9.16.